The molecule has 3 heterocycles. The summed E-state index contributed by atoms with van der Waals surface area (Å²) in [6.07, 6.45) is -0.243. The lowest BCUT2D eigenvalue weighted by molar-refractivity contribution is -0.141. The van der Waals surface area contributed by atoms with Crippen molar-refractivity contribution in [2.75, 3.05) is 13.1 Å². The van der Waals surface area contributed by atoms with Crippen LogP contribution in [0.5, 0.6) is 0 Å². The van der Waals surface area contributed by atoms with Crippen LogP contribution in [0.1, 0.15) is 34.5 Å². The Balaban J connectivity index is 1.27. The number of halogens is 4. The molecule has 0 aliphatic carbocycles. The normalized spacial score (nSPS) is 15.4. The number of hydrogen-bond acceptors (Lipinski definition) is 4. The first kappa shape index (κ1) is 22.8. The van der Waals surface area contributed by atoms with Crippen molar-refractivity contribution in [1.29, 1.82) is 0 Å². The Morgan fingerprint density at radius 3 is 2.42 bits per heavy atom. The van der Waals surface area contributed by atoms with Gasteiger partial charge in [0, 0.05) is 43.6 Å². The van der Waals surface area contributed by atoms with Crippen LogP contribution in [0.2, 0.25) is 0 Å². The number of piperidine rings is 1. The number of likely N-dealkylation sites (tertiary alicyclic amines) is 1. The standard InChI is InChI=1S/C24H22F4N4O/c25-19-3-1-2-17(12-19)21-6-5-18(14-29-21)23(33)31-20-8-10-32(11-9-20)15-16-4-7-22(30-13-16)24(26,27)28/h1-7,12-14,20H,8-11,15H2,(H,31,33). The molecule has 1 amide bonds. The third-order valence-corrected chi connectivity index (χ3v) is 5.59. The molecule has 0 bridgehead atoms. The van der Waals surface area contributed by atoms with Gasteiger partial charge in [0.2, 0.25) is 0 Å². The number of aromatic nitrogens is 2. The van der Waals surface area contributed by atoms with Gasteiger partial charge in [-0.15, -0.1) is 0 Å². The number of carbonyl (C=O) groups is 1. The highest BCUT2D eigenvalue weighted by molar-refractivity contribution is 5.94. The van der Waals surface area contributed by atoms with Crippen molar-refractivity contribution in [3.63, 3.8) is 0 Å². The van der Waals surface area contributed by atoms with Crippen LogP contribution in [0.15, 0.2) is 60.9 Å². The highest BCUT2D eigenvalue weighted by Gasteiger charge is 2.32. The zero-order chi connectivity index (χ0) is 23.4. The Labute approximate surface area is 188 Å². The maximum Gasteiger partial charge on any atom is 0.433 e. The van der Waals surface area contributed by atoms with Gasteiger partial charge in [-0.3, -0.25) is 19.7 Å². The number of hydrogen-bond donors (Lipinski definition) is 1. The molecule has 5 nitrogen and oxygen atoms in total. The summed E-state index contributed by atoms with van der Waals surface area (Å²) < 4.78 is 51.3. The lowest BCUT2D eigenvalue weighted by Gasteiger charge is -2.32. The topological polar surface area (TPSA) is 58.1 Å². The van der Waals surface area contributed by atoms with E-state index in [9.17, 15) is 22.4 Å². The lowest BCUT2D eigenvalue weighted by Crippen LogP contribution is -2.44. The number of benzene rings is 1. The Morgan fingerprint density at radius 2 is 1.82 bits per heavy atom. The molecule has 1 fully saturated rings. The summed E-state index contributed by atoms with van der Waals surface area (Å²) in [5.74, 6) is -0.573. The summed E-state index contributed by atoms with van der Waals surface area (Å²) in [4.78, 5) is 22.5. The molecule has 1 aromatic carbocycles. The van der Waals surface area contributed by atoms with Crippen LogP contribution in [-0.2, 0) is 12.7 Å². The molecule has 0 spiro atoms. The summed E-state index contributed by atoms with van der Waals surface area (Å²) >= 11 is 0. The molecule has 1 saturated heterocycles. The second-order valence-electron chi connectivity index (χ2n) is 8.02. The summed E-state index contributed by atoms with van der Waals surface area (Å²) in [5.41, 5.74) is 1.46. The van der Waals surface area contributed by atoms with Gasteiger partial charge >= 0.3 is 6.18 Å². The van der Waals surface area contributed by atoms with Crippen molar-refractivity contribution >= 4 is 5.91 Å². The minimum atomic E-state index is -4.44. The van der Waals surface area contributed by atoms with Crippen molar-refractivity contribution in [3.8, 4) is 11.3 Å². The fraction of sp³-hybridized carbons (Fsp3) is 0.292. The van der Waals surface area contributed by atoms with Gasteiger partial charge in [-0.1, -0.05) is 18.2 Å². The van der Waals surface area contributed by atoms with Crippen LogP contribution >= 0.6 is 0 Å². The molecule has 1 aliphatic heterocycles. The Bertz CT molecular complexity index is 1090. The number of nitrogens with zero attached hydrogens (tertiary/aromatic N) is 3. The minimum absolute atomic E-state index is 0.00220. The van der Waals surface area contributed by atoms with Crippen LogP contribution in [0.25, 0.3) is 11.3 Å². The largest absolute Gasteiger partial charge is 0.433 e. The van der Waals surface area contributed by atoms with Crippen LogP contribution in [0, 0.1) is 5.82 Å². The molecule has 33 heavy (non-hydrogen) atoms. The van der Waals surface area contributed by atoms with Crippen molar-refractivity contribution in [3.05, 3.63) is 83.6 Å². The Hall–Kier alpha value is -3.33. The minimum Gasteiger partial charge on any atom is -0.349 e. The first-order chi connectivity index (χ1) is 15.8. The van der Waals surface area contributed by atoms with E-state index in [-0.39, 0.29) is 17.8 Å². The summed E-state index contributed by atoms with van der Waals surface area (Å²) in [7, 11) is 0. The zero-order valence-corrected chi connectivity index (χ0v) is 17.6. The first-order valence-electron chi connectivity index (χ1n) is 10.6. The smallest absolute Gasteiger partial charge is 0.349 e. The number of carbonyl (C=O) groups excluding carboxylic acids is 1. The third kappa shape index (κ3) is 5.92. The van der Waals surface area contributed by atoms with Crippen molar-refractivity contribution < 1.29 is 22.4 Å². The van der Waals surface area contributed by atoms with E-state index in [0.29, 0.717) is 36.5 Å². The quantitative estimate of drug-likeness (QED) is 0.564. The molecule has 1 aliphatic rings. The number of alkyl halides is 3. The van der Waals surface area contributed by atoms with Gasteiger partial charge in [-0.25, -0.2) is 4.39 Å². The molecular weight excluding hydrogens is 436 g/mol. The lowest BCUT2D eigenvalue weighted by atomic mass is 10.0. The molecule has 9 heteroatoms. The molecule has 1 N–H and O–H groups in total. The van der Waals surface area contributed by atoms with Gasteiger partial charge in [0.15, 0.2) is 0 Å². The highest BCUT2D eigenvalue weighted by atomic mass is 19.4. The molecule has 172 valence electrons. The number of rotatable bonds is 5. The maximum absolute atomic E-state index is 13.4. The molecule has 0 atom stereocenters. The van der Waals surface area contributed by atoms with E-state index in [2.05, 4.69) is 20.2 Å². The first-order valence-corrected chi connectivity index (χ1v) is 10.6. The fourth-order valence-corrected chi connectivity index (χ4v) is 3.79. The SMILES string of the molecule is O=C(NC1CCN(Cc2ccc(C(F)(F)F)nc2)CC1)c1ccc(-c2cccc(F)c2)nc1. The van der Waals surface area contributed by atoms with Crippen molar-refractivity contribution in [2.45, 2.75) is 31.6 Å². The molecule has 0 unspecified atom stereocenters. The molecular formula is C24H22F4N4O. The molecule has 2 aromatic heterocycles. The number of nitrogens with one attached hydrogen (secondary N) is 1. The van der Waals surface area contributed by atoms with Crippen LogP contribution in [0.4, 0.5) is 17.6 Å². The summed E-state index contributed by atoms with van der Waals surface area (Å²) in [6, 6.07) is 11.9. The predicted octanol–water partition coefficient (Wildman–Crippen LogP) is 4.70. The monoisotopic (exact) mass is 458 g/mol. The van der Waals surface area contributed by atoms with Crippen molar-refractivity contribution in [2.24, 2.45) is 0 Å². The average Bonchev–Trinajstić information content (AvgIpc) is 2.80. The van der Waals surface area contributed by atoms with E-state index in [0.717, 1.165) is 24.5 Å². The second-order valence-corrected chi connectivity index (χ2v) is 8.02. The molecule has 0 radical (unpaired) electrons. The Kier molecular flexibility index (Phi) is 6.69. The van der Waals surface area contributed by atoms with E-state index < -0.39 is 11.9 Å². The van der Waals surface area contributed by atoms with Gasteiger partial charge in [0.1, 0.15) is 11.5 Å². The second kappa shape index (κ2) is 9.66. The number of pyridine rings is 2. The average molecular weight is 458 g/mol. The van der Waals surface area contributed by atoms with Gasteiger partial charge in [0.25, 0.3) is 5.91 Å². The summed E-state index contributed by atoms with van der Waals surface area (Å²) in [5, 5.41) is 3.01. The van der Waals surface area contributed by atoms with Crippen LogP contribution < -0.4 is 5.32 Å². The third-order valence-electron chi connectivity index (χ3n) is 5.59. The zero-order valence-electron chi connectivity index (χ0n) is 17.6. The maximum atomic E-state index is 13.4. The molecule has 3 aromatic rings. The van der Waals surface area contributed by atoms with E-state index in [1.165, 1.54) is 30.6 Å². The van der Waals surface area contributed by atoms with Gasteiger partial charge in [0.05, 0.1) is 11.3 Å². The molecule has 4 rings (SSSR count). The van der Waals surface area contributed by atoms with E-state index in [1.807, 2.05) is 0 Å². The van der Waals surface area contributed by atoms with Gasteiger partial charge in [-0.2, -0.15) is 13.2 Å². The highest BCUT2D eigenvalue weighted by Crippen LogP contribution is 2.27. The van der Waals surface area contributed by atoms with E-state index in [1.54, 1.807) is 24.3 Å². The fourth-order valence-electron chi connectivity index (χ4n) is 3.79. The van der Waals surface area contributed by atoms with E-state index >= 15 is 0 Å². The van der Waals surface area contributed by atoms with Gasteiger partial charge < -0.3 is 5.32 Å². The van der Waals surface area contributed by atoms with Gasteiger partial charge in [-0.05, 0) is 48.7 Å². The summed E-state index contributed by atoms with van der Waals surface area (Å²) in [6.45, 7) is 1.93. The molecule has 0 saturated carbocycles. The van der Waals surface area contributed by atoms with E-state index in [4.69, 9.17) is 0 Å². The number of amides is 1. The van der Waals surface area contributed by atoms with Crippen molar-refractivity contribution in [1.82, 2.24) is 20.2 Å². The van der Waals surface area contributed by atoms with Crippen LogP contribution in [0.3, 0.4) is 0 Å². The van der Waals surface area contributed by atoms with Crippen LogP contribution in [-0.4, -0.2) is 39.9 Å². The predicted molar refractivity (Wildman–Crippen MR) is 115 cm³/mol. The Morgan fingerprint density at radius 1 is 1.03 bits per heavy atom.